The summed E-state index contributed by atoms with van der Waals surface area (Å²) in [6.07, 6.45) is 6.89. The Kier molecular flexibility index (Phi) is 8.67. The van der Waals surface area contributed by atoms with E-state index in [0.29, 0.717) is 19.4 Å². The first-order valence-electron chi connectivity index (χ1n) is 4.80. The van der Waals surface area contributed by atoms with Crippen molar-refractivity contribution in [3.8, 4) is 0 Å². The van der Waals surface area contributed by atoms with Gasteiger partial charge < -0.3 is 10.4 Å². The van der Waals surface area contributed by atoms with Gasteiger partial charge in [-0.2, -0.15) is 0 Å². The maximum atomic E-state index is 11.1. The molecule has 2 N–H and O–H groups in total. The predicted octanol–water partition coefficient (Wildman–Crippen LogP) is 1.23. The number of unbranched alkanes of at least 4 members (excludes halogenated alkanes) is 1. The van der Waals surface area contributed by atoms with E-state index in [2.05, 4.69) is 5.32 Å². The number of hydrogen-bond acceptors (Lipinski definition) is 2. The summed E-state index contributed by atoms with van der Waals surface area (Å²) in [6.45, 7) is 2.84. The van der Waals surface area contributed by atoms with E-state index >= 15 is 0 Å². The van der Waals surface area contributed by atoms with Crippen LogP contribution in [0.3, 0.4) is 0 Å². The van der Waals surface area contributed by atoms with Gasteiger partial charge in [0.25, 0.3) is 0 Å². The van der Waals surface area contributed by atoms with Crippen LogP contribution in [0, 0.1) is 0 Å². The second-order valence-electron chi connectivity index (χ2n) is 2.89. The molecule has 0 saturated carbocycles. The van der Waals surface area contributed by atoms with E-state index in [1.54, 1.807) is 0 Å². The molecule has 0 aromatic heterocycles. The lowest BCUT2D eigenvalue weighted by Gasteiger charge is -2.01. The smallest absolute Gasteiger partial charge is 0.220 e. The average molecular weight is 185 g/mol. The summed E-state index contributed by atoms with van der Waals surface area (Å²) in [5.41, 5.74) is 0. The molecule has 0 aliphatic heterocycles. The van der Waals surface area contributed by atoms with Crippen molar-refractivity contribution in [2.45, 2.75) is 32.6 Å². The van der Waals surface area contributed by atoms with Crippen LogP contribution in [0.25, 0.3) is 0 Å². The molecule has 0 fully saturated rings. The van der Waals surface area contributed by atoms with Crippen molar-refractivity contribution >= 4 is 5.91 Å². The Morgan fingerprint density at radius 1 is 1.46 bits per heavy atom. The molecule has 0 radical (unpaired) electrons. The molecule has 0 aromatic carbocycles. The molecule has 0 atom stereocenters. The van der Waals surface area contributed by atoms with Crippen molar-refractivity contribution in [2.75, 3.05) is 13.2 Å². The van der Waals surface area contributed by atoms with Crippen LogP contribution in [-0.2, 0) is 4.79 Å². The Hall–Kier alpha value is -0.830. The number of nitrogens with one attached hydrogen (secondary N) is 1. The van der Waals surface area contributed by atoms with Gasteiger partial charge in [-0.25, -0.2) is 0 Å². The first-order chi connectivity index (χ1) is 6.31. The molecule has 1 amide bonds. The average Bonchev–Trinajstić information content (AvgIpc) is 2.13. The van der Waals surface area contributed by atoms with Crippen LogP contribution in [0.15, 0.2) is 12.2 Å². The zero-order valence-electron chi connectivity index (χ0n) is 8.25. The summed E-state index contributed by atoms with van der Waals surface area (Å²) in [6, 6.07) is 0. The number of aliphatic hydroxyl groups is 1. The number of carbonyl (C=O) groups is 1. The molecule has 13 heavy (non-hydrogen) atoms. The number of carbonyl (C=O) groups excluding carboxylic acids is 1. The Morgan fingerprint density at radius 3 is 2.85 bits per heavy atom. The second-order valence-corrected chi connectivity index (χ2v) is 2.89. The van der Waals surface area contributed by atoms with Crippen molar-refractivity contribution in [1.82, 2.24) is 5.32 Å². The van der Waals surface area contributed by atoms with Gasteiger partial charge in [-0.05, 0) is 26.2 Å². The summed E-state index contributed by atoms with van der Waals surface area (Å²) in [5.74, 6) is 0.0814. The molecule has 76 valence electrons. The third kappa shape index (κ3) is 9.08. The van der Waals surface area contributed by atoms with Crippen LogP contribution in [0.4, 0.5) is 0 Å². The normalized spacial score (nSPS) is 10.6. The molecular weight excluding hydrogens is 166 g/mol. The molecule has 3 nitrogen and oxygen atoms in total. The predicted molar refractivity (Wildman–Crippen MR) is 53.4 cm³/mol. The quantitative estimate of drug-likeness (QED) is 0.463. The highest BCUT2D eigenvalue weighted by molar-refractivity contribution is 5.75. The minimum Gasteiger partial charge on any atom is -0.396 e. The topological polar surface area (TPSA) is 49.3 Å². The monoisotopic (exact) mass is 185 g/mol. The molecule has 0 unspecified atom stereocenters. The van der Waals surface area contributed by atoms with Gasteiger partial charge in [0.05, 0.1) is 0 Å². The number of allylic oxidation sites excluding steroid dienone is 1. The fraction of sp³-hybridized carbons (Fsp3) is 0.700. The number of aliphatic hydroxyl groups excluding tert-OH is 1. The maximum Gasteiger partial charge on any atom is 0.220 e. The van der Waals surface area contributed by atoms with Gasteiger partial charge in [0.2, 0.25) is 5.91 Å². The van der Waals surface area contributed by atoms with Gasteiger partial charge in [0.15, 0.2) is 0 Å². The molecule has 0 bridgehead atoms. The van der Waals surface area contributed by atoms with Gasteiger partial charge in [-0.1, -0.05) is 12.2 Å². The molecular formula is C10H19NO2. The second kappa shape index (κ2) is 9.26. The van der Waals surface area contributed by atoms with Gasteiger partial charge in [0.1, 0.15) is 0 Å². The van der Waals surface area contributed by atoms with Crippen molar-refractivity contribution in [2.24, 2.45) is 0 Å². The number of rotatable bonds is 7. The van der Waals surface area contributed by atoms with Crippen molar-refractivity contribution < 1.29 is 9.90 Å². The SMILES string of the molecule is C/C=C/CCNC(=O)CCCCO. The summed E-state index contributed by atoms with van der Waals surface area (Å²) in [7, 11) is 0. The molecule has 0 rings (SSSR count). The van der Waals surface area contributed by atoms with Gasteiger partial charge in [0, 0.05) is 19.6 Å². The van der Waals surface area contributed by atoms with E-state index in [4.69, 9.17) is 5.11 Å². The Bertz CT molecular complexity index is 155. The van der Waals surface area contributed by atoms with Crippen molar-refractivity contribution in [3.63, 3.8) is 0 Å². The Balaban J connectivity index is 3.20. The van der Waals surface area contributed by atoms with Crippen LogP contribution in [0.2, 0.25) is 0 Å². The van der Waals surface area contributed by atoms with Crippen LogP contribution in [-0.4, -0.2) is 24.2 Å². The molecule has 0 heterocycles. The first-order valence-corrected chi connectivity index (χ1v) is 4.80. The zero-order valence-corrected chi connectivity index (χ0v) is 8.25. The van der Waals surface area contributed by atoms with Crippen molar-refractivity contribution in [3.05, 3.63) is 12.2 Å². The summed E-state index contributed by atoms with van der Waals surface area (Å²) in [4.78, 5) is 11.1. The minimum atomic E-state index is 0.0814. The molecule has 0 spiro atoms. The Labute approximate surface area is 79.8 Å². The minimum absolute atomic E-state index is 0.0814. The Morgan fingerprint density at radius 2 is 2.23 bits per heavy atom. The largest absolute Gasteiger partial charge is 0.396 e. The fourth-order valence-electron chi connectivity index (χ4n) is 0.947. The number of amides is 1. The number of hydrogen-bond donors (Lipinski definition) is 2. The zero-order chi connectivity index (χ0) is 9.94. The lowest BCUT2D eigenvalue weighted by Crippen LogP contribution is -2.23. The van der Waals surface area contributed by atoms with Gasteiger partial charge >= 0.3 is 0 Å². The van der Waals surface area contributed by atoms with E-state index in [0.717, 1.165) is 12.8 Å². The van der Waals surface area contributed by atoms with E-state index in [9.17, 15) is 4.79 Å². The summed E-state index contributed by atoms with van der Waals surface area (Å²) < 4.78 is 0. The van der Waals surface area contributed by atoms with Gasteiger partial charge in [-0.15, -0.1) is 0 Å². The van der Waals surface area contributed by atoms with Crippen molar-refractivity contribution in [1.29, 1.82) is 0 Å². The van der Waals surface area contributed by atoms with Crippen LogP contribution in [0.1, 0.15) is 32.6 Å². The molecule has 0 aliphatic carbocycles. The maximum absolute atomic E-state index is 11.1. The lowest BCUT2D eigenvalue weighted by atomic mass is 10.2. The van der Waals surface area contributed by atoms with Gasteiger partial charge in [-0.3, -0.25) is 4.79 Å². The third-order valence-electron chi connectivity index (χ3n) is 1.68. The van der Waals surface area contributed by atoms with E-state index in [1.165, 1.54) is 0 Å². The molecule has 0 aromatic rings. The molecule has 0 saturated heterocycles. The molecule has 0 aliphatic rings. The van der Waals surface area contributed by atoms with E-state index < -0.39 is 0 Å². The van der Waals surface area contributed by atoms with Crippen LogP contribution < -0.4 is 5.32 Å². The van der Waals surface area contributed by atoms with Crippen LogP contribution >= 0.6 is 0 Å². The highest BCUT2D eigenvalue weighted by Gasteiger charge is 1.98. The van der Waals surface area contributed by atoms with Crippen LogP contribution in [0.5, 0.6) is 0 Å². The third-order valence-corrected chi connectivity index (χ3v) is 1.68. The highest BCUT2D eigenvalue weighted by Crippen LogP contribution is 1.93. The summed E-state index contributed by atoms with van der Waals surface area (Å²) in [5, 5.41) is 11.3. The standard InChI is InChI=1S/C10H19NO2/c1-2-3-5-8-11-10(13)7-4-6-9-12/h2-3,12H,4-9H2,1H3,(H,11,13)/b3-2+. The fourth-order valence-corrected chi connectivity index (χ4v) is 0.947. The highest BCUT2D eigenvalue weighted by atomic mass is 16.2. The summed E-state index contributed by atoms with van der Waals surface area (Å²) >= 11 is 0. The first kappa shape index (κ1) is 12.2. The van der Waals surface area contributed by atoms with E-state index in [1.807, 2.05) is 19.1 Å². The van der Waals surface area contributed by atoms with E-state index in [-0.39, 0.29) is 12.5 Å². The lowest BCUT2D eigenvalue weighted by molar-refractivity contribution is -0.121. The molecule has 3 heteroatoms.